The van der Waals surface area contributed by atoms with Crippen LogP contribution in [0.1, 0.15) is 28.7 Å². The standard InChI is InChI=1S/C31H26FN3O3/c1-18-17-35-28(15-27(34-35)21-7-3-6-20(12-21)22-8-4-10-33-16-22)30(24(18)14-29(36)37)25-13-26(32)31-23(19(25)2)9-5-11-38-31/h3-4,6-8,10,12-13,15-17H,5,9,11,14H2,1-2H3,(H,36,37). The van der Waals surface area contributed by atoms with Gasteiger partial charge in [0.15, 0.2) is 11.6 Å². The van der Waals surface area contributed by atoms with Gasteiger partial charge in [0.25, 0.3) is 0 Å². The van der Waals surface area contributed by atoms with Crippen molar-refractivity contribution in [2.24, 2.45) is 0 Å². The Hall–Kier alpha value is -4.52. The minimum atomic E-state index is -0.943. The number of nitrogens with zero attached hydrogens (tertiary/aromatic N) is 3. The summed E-state index contributed by atoms with van der Waals surface area (Å²) < 4.78 is 22.7. The van der Waals surface area contributed by atoms with E-state index < -0.39 is 11.8 Å². The Kier molecular flexibility index (Phi) is 5.91. The van der Waals surface area contributed by atoms with Crippen LogP contribution in [0, 0.1) is 19.7 Å². The molecule has 1 N–H and O–H groups in total. The summed E-state index contributed by atoms with van der Waals surface area (Å²) in [6.07, 6.45) is 6.76. The van der Waals surface area contributed by atoms with Gasteiger partial charge in [-0.15, -0.1) is 0 Å². The molecule has 0 atom stereocenters. The van der Waals surface area contributed by atoms with Gasteiger partial charge in [0.2, 0.25) is 0 Å². The number of carbonyl (C=O) groups is 1. The molecule has 0 saturated carbocycles. The number of aromatic nitrogens is 3. The molecule has 4 heterocycles. The lowest BCUT2D eigenvalue weighted by Gasteiger charge is -2.23. The number of halogens is 1. The lowest BCUT2D eigenvalue weighted by molar-refractivity contribution is -0.136. The number of hydrogen-bond acceptors (Lipinski definition) is 4. The molecule has 0 aliphatic carbocycles. The van der Waals surface area contributed by atoms with Crippen molar-refractivity contribution in [1.82, 2.24) is 14.6 Å². The SMILES string of the molecule is Cc1cn2nc(-c3cccc(-c4cccnc4)c3)cc2c(-c2cc(F)c3c(c2C)CCCO3)c1CC(=O)O. The monoisotopic (exact) mass is 507 g/mol. The van der Waals surface area contributed by atoms with Crippen molar-refractivity contribution < 1.29 is 19.0 Å². The van der Waals surface area contributed by atoms with Crippen LogP contribution >= 0.6 is 0 Å². The predicted octanol–water partition coefficient (Wildman–Crippen LogP) is 6.44. The number of fused-ring (bicyclic) bond motifs is 2. The molecule has 6 rings (SSSR count). The van der Waals surface area contributed by atoms with E-state index in [9.17, 15) is 9.90 Å². The van der Waals surface area contributed by atoms with Gasteiger partial charge in [-0.1, -0.05) is 24.3 Å². The Morgan fingerprint density at radius 2 is 1.92 bits per heavy atom. The molecule has 38 heavy (non-hydrogen) atoms. The van der Waals surface area contributed by atoms with E-state index in [0.29, 0.717) is 35.5 Å². The van der Waals surface area contributed by atoms with Gasteiger partial charge in [0.05, 0.1) is 24.2 Å². The summed E-state index contributed by atoms with van der Waals surface area (Å²) in [5.74, 6) is -1.06. The Labute approximate surface area is 219 Å². The molecule has 0 unspecified atom stereocenters. The number of benzene rings is 2. The van der Waals surface area contributed by atoms with E-state index in [1.807, 2.05) is 62.6 Å². The topological polar surface area (TPSA) is 76.7 Å². The van der Waals surface area contributed by atoms with Gasteiger partial charge in [-0.05, 0) is 78.8 Å². The number of pyridine rings is 2. The third-order valence-electron chi connectivity index (χ3n) is 7.27. The van der Waals surface area contributed by atoms with Crippen molar-refractivity contribution in [3.05, 3.63) is 95.2 Å². The quantitative estimate of drug-likeness (QED) is 0.296. The van der Waals surface area contributed by atoms with Crippen LogP contribution in [0.25, 0.3) is 39.0 Å². The molecule has 0 amide bonds. The van der Waals surface area contributed by atoms with Crippen LogP contribution in [0.5, 0.6) is 5.75 Å². The maximum atomic E-state index is 15.3. The van der Waals surface area contributed by atoms with E-state index in [-0.39, 0.29) is 6.42 Å². The third kappa shape index (κ3) is 4.10. The van der Waals surface area contributed by atoms with Crippen LogP contribution in [0.2, 0.25) is 0 Å². The smallest absolute Gasteiger partial charge is 0.307 e. The summed E-state index contributed by atoms with van der Waals surface area (Å²) >= 11 is 0. The number of hydrogen-bond donors (Lipinski definition) is 1. The number of ether oxygens (including phenoxy) is 1. The second-order valence-electron chi connectivity index (χ2n) is 9.71. The summed E-state index contributed by atoms with van der Waals surface area (Å²) in [5.41, 5.74) is 8.95. The Morgan fingerprint density at radius 3 is 2.71 bits per heavy atom. The van der Waals surface area contributed by atoms with E-state index in [1.165, 1.54) is 6.07 Å². The molecular formula is C31H26FN3O3. The zero-order chi connectivity index (χ0) is 26.4. The molecule has 7 heteroatoms. The zero-order valence-electron chi connectivity index (χ0n) is 21.2. The van der Waals surface area contributed by atoms with Gasteiger partial charge >= 0.3 is 5.97 Å². The van der Waals surface area contributed by atoms with Gasteiger partial charge in [-0.25, -0.2) is 8.91 Å². The first kappa shape index (κ1) is 23.9. The Bertz CT molecular complexity index is 1710. The van der Waals surface area contributed by atoms with E-state index in [4.69, 9.17) is 9.84 Å². The number of aryl methyl sites for hydroxylation is 1. The molecule has 0 saturated heterocycles. The summed E-state index contributed by atoms with van der Waals surface area (Å²) in [6.45, 7) is 4.32. The van der Waals surface area contributed by atoms with E-state index in [1.54, 1.807) is 10.7 Å². The first-order valence-corrected chi connectivity index (χ1v) is 12.6. The van der Waals surface area contributed by atoms with Gasteiger partial charge in [0.1, 0.15) is 0 Å². The fourth-order valence-corrected chi connectivity index (χ4v) is 5.42. The highest BCUT2D eigenvalue weighted by Crippen LogP contribution is 2.41. The average molecular weight is 508 g/mol. The van der Waals surface area contributed by atoms with E-state index >= 15 is 4.39 Å². The summed E-state index contributed by atoms with van der Waals surface area (Å²) in [6, 6.07) is 15.4. The molecule has 5 aromatic rings. The average Bonchev–Trinajstić information content (AvgIpc) is 3.35. The second kappa shape index (κ2) is 9.41. The summed E-state index contributed by atoms with van der Waals surface area (Å²) in [7, 11) is 0. The Morgan fingerprint density at radius 1 is 1.11 bits per heavy atom. The largest absolute Gasteiger partial charge is 0.490 e. The van der Waals surface area contributed by atoms with Crippen molar-refractivity contribution in [2.75, 3.05) is 6.61 Å². The van der Waals surface area contributed by atoms with E-state index in [0.717, 1.165) is 51.0 Å². The van der Waals surface area contributed by atoms with Crippen molar-refractivity contribution in [2.45, 2.75) is 33.1 Å². The Balaban J connectivity index is 1.58. The fourth-order valence-electron chi connectivity index (χ4n) is 5.42. The normalized spacial score (nSPS) is 12.8. The van der Waals surface area contributed by atoms with Crippen LogP contribution in [-0.4, -0.2) is 32.3 Å². The van der Waals surface area contributed by atoms with Crippen LogP contribution in [0.15, 0.2) is 67.1 Å². The van der Waals surface area contributed by atoms with Crippen LogP contribution in [0.4, 0.5) is 4.39 Å². The molecule has 1 aliphatic heterocycles. The lowest BCUT2D eigenvalue weighted by atomic mass is 9.88. The highest BCUT2D eigenvalue weighted by atomic mass is 19.1. The predicted molar refractivity (Wildman–Crippen MR) is 144 cm³/mol. The lowest BCUT2D eigenvalue weighted by Crippen LogP contribution is -2.13. The minimum absolute atomic E-state index is 0.177. The number of rotatable bonds is 5. The maximum absolute atomic E-state index is 15.3. The molecular weight excluding hydrogens is 481 g/mol. The highest BCUT2D eigenvalue weighted by molar-refractivity contribution is 5.91. The zero-order valence-corrected chi connectivity index (χ0v) is 21.2. The molecule has 2 aromatic carbocycles. The van der Waals surface area contributed by atoms with Crippen molar-refractivity contribution in [3.63, 3.8) is 0 Å². The molecule has 1 aliphatic rings. The fraction of sp³-hybridized carbons (Fsp3) is 0.194. The molecule has 6 nitrogen and oxygen atoms in total. The maximum Gasteiger partial charge on any atom is 0.307 e. The van der Waals surface area contributed by atoms with Crippen LogP contribution in [-0.2, 0) is 17.6 Å². The molecule has 0 fully saturated rings. The number of carboxylic acid groups (broad SMARTS) is 1. The number of aliphatic carboxylic acids is 1. The molecule has 190 valence electrons. The van der Waals surface area contributed by atoms with Crippen molar-refractivity contribution >= 4 is 11.5 Å². The number of carboxylic acids is 1. The molecule has 0 radical (unpaired) electrons. The summed E-state index contributed by atoms with van der Waals surface area (Å²) in [4.78, 5) is 16.1. The van der Waals surface area contributed by atoms with Crippen molar-refractivity contribution in [1.29, 1.82) is 0 Å². The van der Waals surface area contributed by atoms with E-state index in [2.05, 4.69) is 11.1 Å². The van der Waals surface area contributed by atoms with Crippen LogP contribution < -0.4 is 4.74 Å². The molecule has 0 spiro atoms. The minimum Gasteiger partial charge on any atom is -0.490 e. The van der Waals surface area contributed by atoms with Gasteiger partial charge in [0, 0.05) is 40.8 Å². The van der Waals surface area contributed by atoms with Gasteiger partial charge in [-0.3, -0.25) is 9.78 Å². The second-order valence-corrected chi connectivity index (χ2v) is 9.71. The summed E-state index contributed by atoms with van der Waals surface area (Å²) in [5, 5.41) is 14.6. The first-order chi connectivity index (χ1) is 18.4. The third-order valence-corrected chi connectivity index (χ3v) is 7.27. The van der Waals surface area contributed by atoms with Crippen LogP contribution in [0.3, 0.4) is 0 Å². The first-order valence-electron chi connectivity index (χ1n) is 12.6. The van der Waals surface area contributed by atoms with Gasteiger partial charge in [-0.2, -0.15) is 5.10 Å². The highest BCUT2D eigenvalue weighted by Gasteiger charge is 2.25. The molecule has 3 aromatic heterocycles. The molecule has 0 bridgehead atoms. The van der Waals surface area contributed by atoms with Crippen molar-refractivity contribution in [3.8, 4) is 39.3 Å². The van der Waals surface area contributed by atoms with Gasteiger partial charge < -0.3 is 9.84 Å².